The van der Waals surface area contributed by atoms with Gasteiger partial charge in [0.15, 0.2) is 0 Å². The predicted octanol–water partition coefficient (Wildman–Crippen LogP) is 3.33. The van der Waals surface area contributed by atoms with Crippen LogP contribution in [0.25, 0.3) is 5.76 Å². The number of hydrogen-bond donors (Lipinski definition) is 1. The zero-order chi connectivity index (χ0) is 21.7. The number of hydrogen-bond acceptors (Lipinski definition) is 6. The molecule has 0 bridgehead atoms. The predicted molar refractivity (Wildman–Crippen MR) is 112 cm³/mol. The molecule has 2 heterocycles. The van der Waals surface area contributed by atoms with Crippen molar-refractivity contribution in [2.45, 2.75) is 32.4 Å². The summed E-state index contributed by atoms with van der Waals surface area (Å²) in [6.45, 7) is 4.69. The standard InChI is InChI=1S/C23H26N2O5/c1-15(2)30-14-4-13-25-20(16-5-7-18(29-3)8-6-16)19(22(27)23(25)28)21(26)17-9-11-24-12-10-17/h5-12,15,20,26H,4,13-14H2,1-3H3/b21-19-. The molecule has 1 aromatic carbocycles. The number of nitrogens with zero attached hydrogens (tertiary/aromatic N) is 2. The number of ketones is 1. The van der Waals surface area contributed by atoms with Crippen molar-refractivity contribution in [1.82, 2.24) is 9.88 Å². The van der Waals surface area contributed by atoms with Crippen LogP contribution in [0.1, 0.15) is 37.4 Å². The quantitative estimate of drug-likeness (QED) is 0.311. The minimum Gasteiger partial charge on any atom is -0.507 e. The smallest absolute Gasteiger partial charge is 0.295 e. The number of pyridine rings is 1. The van der Waals surface area contributed by atoms with Crippen LogP contribution >= 0.6 is 0 Å². The van der Waals surface area contributed by atoms with Crippen LogP contribution in [0.15, 0.2) is 54.4 Å². The Hall–Kier alpha value is -3.19. The van der Waals surface area contributed by atoms with Gasteiger partial charge in [-0.15, -0.1) is 0 Å². The molecule has 0 radical (unpaired) electrons. The number of methoxy groups -OCH3 is 1. The molecule has 158 valence electrons. The average Bonchev–Trinajstić information content (AvgIpc) is 3.01. The maximum Gasteiger partial charge on any atom is 0.295 e. The highest BCUT2D eigenvalue weighted by Gasteiger charge is 2.45. The molecule has 7 nitrogen and oxygen atoms in total. The normalized spacial score (nSPS) is 18.3. The van der Waals surface area contributed by atoms with Gasteiger partial charge in [-0.3, -0.25) is 14.6 Å². The van der Waals surface area contributed by atoms with Gasteiger partial charge < -0.3 is 19.5 Å². The van der Waals surface area contributed by atoms with Crippen LogP contribution in [0.5, 0.6) is 5.75 Å². The zero-order valence-corrected chi connectivity index (χ0v) is 17.4. The highest BCUT2D eigenvalue weighted by atomic mass is 16.5. The van der Waals surface area contributed by atoms with Crippen LogP contribution in [0, 0.1) is 0 Å². The van der Waals surface area contributed by atoms with E-state index in [4.69, 9.17) is 9.47 Å². The summed E-state index contributed by atoms with van der Waals surface area (Å²) in [7, 11) is 1.57. The number of rotatable bonds is 8. The first-order valence-corrected chi connectivity index (χ1v) is 9.88. The number of likely N-dealkylation sites (tertiary alicyclic amines) is 1. The second-order valence-corrected chi connectivity index (χ2v) is 7.27. The number of aliphatic hydroxyl groups excluding tert-OH is 1. The second-order valence-electron chi connectivity index (χ2n) is 7.27. The molecular weight excluding hydrogens is 384 g/mol. The molecule has 7 heteroatoms. The van der Waals surface area contributed by atoms with E-state index in [-0.39, 0.29) is 17.4 Å². The van der Waals surface area contributed by atoms with Crippen LogP contribution in [-0.4, -0.2) is 53.0 Å². The number of carbonyl (C=O) groups is 2. The lowest BCUT2D eigenvalue weighted by atomic mass is 9.95. The van der Waals surface area contributed by atoms with Crippen molar-refractivity contribution in [3.63, 3.8) is 0 Å². The highest BCUT2D eigenvalue weighted by molar-refractivity contribution is 6.46. The van der Waals surface area contributed by atoms with E-state index in [2.05, 4.69) is 4.98 Å². The Morgan fingerprint density at radius 3 is 2.40 bits per heavy atom. The second kappa shape index (κ2) is 9.54. The average molecular weight is 410 g/mol. The lowest BCUT2D eigenvalue weighted by Crippen LogP contribution is -2.31. The fourth-order valence-electron chi connectivity index (χ4n) is 3.46. The van der Waals surface area contributed by atoms with Crippen LogP contribution in [0.3, 0.4) is 0 Å². The molecule has 1 fully saturated rings. The molecule has 1 aromatic heterocycles. The van der Waals surface area contributed by atoms with E-state index in [0.29, 0.717) is 30.9 Å². The molecule has 1 aliphatic rings. The van der Waals surface area contributed by atoms with Crippen molar-refractivity contribution in [2.24, 2.45) is 0 Å². The molecule has 3 rings (SSSR count). The van der Waals surface area contributed by atoms with Gasteiger partial charge in [-0.25, -0.2) is 0 Å². The molecule has 1 saturated heterocycles. The number of Topliss-reactive ketones (excluding diaryl/α,β-unsaturated/α-hetero) is 1. The largest absolute Gasteiger partial charge is 0.507 e. The van der Waals surface area contributed by atoms with Crippen molar-refractivity contribution in [2.75, 3.05) is 20.3 Å². The molecule has 1 atom stereocenters. The van der Waals surface area contributed by atoms with E-state index in [1.807, 2.05) is 13.8 Å². The van der Waals surface area contributed by atoms with E-state index in [0.717, 1.165) is 5.56 Å². The van der Waals surface area contributed by atoms with Crippen LogP contribution < -0.4 is 4.74 Å². The Labute approximate surface area is 175 Å². The van der Waals surface area contributed by atoms with Gasteiger partial charge in [0.25, 0.3) is 11.7 Å². The van der Waals surface area contributed by atoms with Crippen LogP contribution in [0.4, 0.5) is 0 Å². The summed E-state index contributed by atoms with van der Waals surface area (Å²) in [6, 6.07) is 9.64. The molecule has 1 aliphatic heterocycles. The topological polar surface area (TPSA) is 89.0 Å². The number of aliphatic hydroxyl groups is 1. The van der Waals surface area contributed by atoms with Gasteiger partial charge in [-0.05, 0) is 50.1 Å². The number of aromatic nitrogens is 1. The van der Waals surface area contributed by atoms with Gasteiger partial charge in [0.1, 0.15) is 11.5 Å². The maximum absolute atomic E-state index is 12.9. The molecule has 1 N–H and O–H groups in total. The van der Waals surface area contributed by atoms with Gasteiger partial charge >= 0.3 is 0 Å². The Kier molecular flexibility index (Phi) is 6.84. The molecular formula is C23H26N2O5. The van der Waals surface area contributed by atoms with E-state index in [1.165, 1.54) is 17.3 Å². The number of ether oxygens (including phenoxy) is 2. The molecule has 0 spiro atoms. The zero-order valence-electron chi connectivity index (χ0n) is 17.4. The van der Waals surface area contributed by atoms with Gasteiger partial charge in [0, 0.05) is 31.1 Å². The Morgan fingerprint density at radius 2 is 1.80 bits per heavy atom. The van der Waals surface area contributed by atoms with Crippen molar-refractivity contribution in [3.8, 4) is 5.75 Å². The first kappa shape index (κ1) is 21.5. The van der Waals surface area contributed by atoms with Gasteiger partial charge in [-0.1, -0.05) is 12.1 Å². The van der Waals surface area contributed by atoms with Crippen LogP contribution in [0.2, 0.25) is 0 Å². The van der Waals surface area contributed by atoms with Crippen molar-refractivity contribution < 1.29 is 24.2 Å². The summed E-state index contributed by atoms with van der Waals surface area (Å²) in [4.78, 5) is 31.2. The van der Waals surface area contributed by atoms with E-state index in [1.54, 1.807) is 43.5 Å². The highest BCUT2D eigenvalue weighted by Crippen LogP contribution is 2.39. The van der Waals surface area contributed by atoms with Gasteiger partial charge in [0.2, 0.25) is 0 Å². The first-order chi connectivity index (χ1) is 14.4. The summed E-state index contributed by atoms with van der Waals surface area (Å²) in [6.07, 6.45) is 3.71. The summed E-state index contributed by atoms with van der Waals surface area (Å²) in [5, 5.41) is 10.9. The lowest BCUT2D eigenvalue weighted by Gasteiger charge is -2.25. The summed E-state index contributed by atoms with van der Waals surface area (Å²) in [5.74, 6) is -0.876. The fraction of sp³-hybridized carbons (Fsp3) is 0.348. The molecule has 2 aromatic rings. The molecule has 0 saturated carbocycles. The monoisotopic (exact) mass is 410 g/mol. The summed E-state index contributed by atoms with van der Waals surface area (Å²) in [5.41, 5.74) is 1.22. The van der Waals surface area contributed by atoms with Gasteiger partial charge in [-0.2, -0.15) is 0 Å². The molecule has 1 unspecified atom stereocenters. The van der Waals surface area contributed by atoms with Crippen molar-refractivity contribution in [3.05, 3.63) is 65.5 Å². The number of carbonyl (C=O) groups excluding carboxylic acids is 2. The fourth-order valence-corrected chi connectivity index (χ4v) is 3.46. The molecule has 30 heavy (non-hydrogen) atoms. The third-order valence-electron chi connectivity index (χ3n) is 4.92. The number of benzene rings is 1. The SMILES string of the molecule is COc1ccc(C2/C(=C(/O)c3ccncc3)C(=O)C(=O)N2CCCOC(C)C)cc1. The Balaban J connectivity index is 2.01. The number of amides is 1. The van der Waals surface area contributed by atoms with E-state index >= 15 is 0 Å². The van der Waals surface area contributed by atoms with E-state index < -0.39 is 17.7 Å². The van der Waals surface area contributed by atoms with Gasteiger partial charge in [0.05, 0.1) is 24.8 Å². The third-order valence-corrected chi connectivity index (χ3v) is 4.92. The van der Waals surface area contributed by atoms with E-state index in [9.17, 15) is 14.7 Å². The maximum atomic E-state index is 12.9. The summed E-state index contributed by atoms with van der Waals surface area (Å²) >= 11 is 0. The Morgan fingerprint density at radius 1 is 1.13 bits per heavy atom. The Bertz CT molecular complexity index is 922. The summed E-state index contributed by atoms with van der Waals surface area (Å²) < 4.78 is 10.8. The van der Waals surface area contributed by atoms with Crippen molar-refractivity contribution in [1.29, 1.82) is 0 Å². The molecule has 1 amide bonds. The minimum absolute atomic E-state index is 0.0705. The molecule has 0 aliphatic carbocycles. The minimum atomic E-state index is -0.699. The van der Waals surface area contributed by atoms with Crippen LogP contribution in [-0.2, 0) is 14.3 Å². The third kappa shape index (κ3) is 4.52. The van der Waals surface area contributed by atoms with Crippen molar-refractivity contribution >= 4 is 17.4 Å². The first-order valence-electron chi connectivity index (χ1n) is 9.88. The lowest BCUT2D eigenvalue weighted by molar-refractivity contribution is -0.140.